The summed E-state index contributed by atoms with van der Waals surface area (Å²) in [4.78, 5) is 15.2. The molecule has 5 nitrogen and oxygen atoms in total. The molecule has 0 bridgehead atoms. The topological polar surface area (TPSA) is 73.3 Å². The van der Waals surface area contributed by atoms with Gasteiger partial charge in [-0.3, -0.25) is 4.79 Å². The van der Waals surface area contributed by atoms with Crippen molar-refractivity contribution in [2.45, 2.75) is 5.03 Å². The molecule has 0 aliphatic rings. The molecule has 0 radical (unpaired) electrons. The van der Waals surface area contributed by atoms with Gasteiger partial charge in [0.05, 0.1) is 17.0 Å². The summed E-state index contributed by atoms with van der Waals surface area (Å²) >= 11 is 7.19. The van der Waals surface area contributed by atoms with E-state index >= 15 is 0 Å². The molecule has 1 aromatic carbocycles. The fraction of sp³-hybridized carbons (Fsp3) is 0.0714. The predicted molar refractivity (Wildman–Crippen MR) is 83.4 cm³/mol. The highest BCUT2D eigenvalue weighted by Gasteiger charge is 2.10. The number of hydrogen-bond donors (Lipinski definition) is 1. The van der Waals surface area contributed by atoms with Gasteiger partial charge in [-0.25, -0.2) is 9.50 Å². The second-order valence-corrected chi connectivity index (χ2v) is 5.75. The highest BCUT2D eigenvalue weighted by atomic mass is 35.5. The van der Waals surface area contributed by atoms with E-state index in [0.717, 1.165) is 21.8 Å². The van der Waals surface area contributed by atoms with Crippen molar-refractivity contribution in [2.75, 3.05) is 5.75 Å². The number of carbonyl (C=O) groups is 1. The Hall–Kier alpha value is -2.05. The van der Waals surface area contributed by atoms with Crippen LogP contribution in [0.15, 0.2) is 47.8 Å². The summed E-state index contributed by atoms with van der Waals surface area (Å²) in [6, 6.07) is 9.39. The second-order valence-electron chi connectivity index (χ2n) is 4.35. The van der Waals surface area contributed by atoms with Crippen molar-refractivity contribution >= 4 is 34.8 Å². The molecule has 0 aliphatic heterocycles. The van der Waals surface area contributed by atoms with E-state index in [1.807, 2.05) is 30.3 Å². The van der Waals surface area contributed by atoms with Gasteiger partial charge in [-0.15, -0.1) is 0 Å². The Kier molecular flexibility index (Phi) is 3.81. The van der Waals surface area contributed by atoms with Gasteiger partial charge in [0.1, 0.15) is 5.03 Å². The summed E-state index contributed by atoms with van der Waals surface area (Å²) in [6.07, 6.45) is 3.41. The third kappa shape index (κ3) is 3.01. The van der Waals surface area contributed by atoms with Gasteiger partial charge in [0.2, 0.25) is 5.91 Å². The number of fused-ring (bicyclic) bond motifs is 1. The number of benzene rings is 1. The van der Waals surface area contributed by atoms with Crippen molar-refractivity contribution in [1.29, 1.82) is 0 Å². The van der Waals surface area contributed by atoms with E-state index in [9.17, 15) is 4.79 Å². The van der Waals surface area contributed by atoms with Gasteiger partial charge in [-0.1, -0.05) is 35.5 Å². The summed E-state index contributed by atoms with van der Waals surface area (Å²) in [5, 5.41) is 5.91. The molecule has 2 N–H and O–H groups in total. The second kappa shape index (κ2) is 5.75. The Labute approximate surface area is 130 Å². The molecule has 106 valence electrons. The fourth-order valence-corrected chi connectivity index (χ4v) is 2.75. The molecule has 3 aromatic rings. The molecule has 2 heterocycles. The Morgan fingerprint density at radius 2 is 2.10 bits per heavy atom. The number of nitrogens with zero attached hydrogens (tertiary/aromatic N) is 3. The van der Waals surface area contributed by atoms with Crippen LogP contribution in [0, 0.1) is 0 Å². The highest BCUT2D eigenvalue weighted by molar-refractivity contribution is 8.00. The van der Waals surface area contributed by atoms with E-state index in [4.69, 9.17) is 17.3 Å². The lowest BCUT2D eigenvalue weighted by Crippen LogP contribution is -2.13. The van der Waals surface area contributed by atoms with Crippen molar-refractivity contribution in [3.05, 3.63) is 47.7 Å². The van der Waals surface area contributed by atoms with E-state index in [-0.39, 0.29) is 11.7 Å². The number of primary amides is 1. The summed E-state index contributed by atoms with van der Waals surface area (Å²) in [5.41, 5.74) is 7.80. The lowest BCUT2D eigenvalue weighted by molar-refractivity contribution is -0.115. The van der Waals surface area contributed by atoms with Crippen LogP contribution in [0.5, 0.6) is 0 Å². The number of thioether (sulfide) groups is 1. The van der Waals surface area contributed by atoms with Crippen molar-refractivity contribution in [3.8, 4) is 11.3 Å². The SMILES string of the molecule is NC(=O)CSc1nccn2nc(-c3ccc(Cl)cc3)cc12. The van der Waals surface area contributed by atoms with Gasteiger partial charge in [0.25, 0.3) is 0 Å². The smallest absolute Gasteiger partial charge is 0.227 e. The van der Waals surface area contributed by atoms with Gasteiger partial charge >= 0.3 is 0 Å². The quantitative estimate of drug-likeness (QED) is 0.750. The van der Waals surface area contributed by atoms with Crippen LogP contribution in [-0.4, -0.2) is 26.3 Å². The first-order valence-electron chi connectivity index (χ1n) is 6.15. The van der Waals surface area contributed by atoms with Crippen LogP contribution >= 0.6 is 23.4 Å². The summed E-state index contributed by atoms with van der Waals surface area (Å²) in [7, 11) is 0. The molecule has 3 rings (SSSR count). The van der Waals surface area contributed by atoms with E-state index in [0.29, 0.717) is 5.02 Å². The highest BCUT2D eigenvalue weighted by Crippen LogP contribution is 2.26. The average molecular weight is 319 g/mol. The van der Waals surface area contributed by atoms with Crippen LogP contribution in [0.1, 0.15) is 0 Å². The van der Waals surface area contributed by atoms with Gasteiger partial charge in [-0.2, -0.15) is 5.10 Å². The van der Waals surface area contributed by atoms with E-state index < -0.39 is 0 Å². The first kappa shape index (κ1) is 13.9. The number of amides is 1. The van der Waals surface area contributed by atoms with Crippen LogP contribution in [-0.2, 0) is 4.79 Å². The van der Waals surface area contributed by atoms with Gasteiger partial charge in [0, 0.05) is 23.0 Å². The molecule has 0 unspecified atom stereocenters. The minimum atomic E-state index is -0.374. The number of hydrogen-bond acceptors (Lipinski definition) is 4. The molecule has 21 heavy (non-hydrogen) atoms. The molecule has 0 saturated carbocycles. The Bertz CT molecular complexity index is 800. The number of rotatable bonds is 4. The van der Waals surface area contributed by atoms with Gasteiger partial charge in [-0.05, 0) is 18.2 Å². The standard InChI is InChI=1S/C14H11ClN4OS/c15-10-3-1-9(2-4-10)11-7-12-14(21-8-13(16)20)17-5-6-19(12)18-11/h1-7H,8H2,(H2,16,20). The first-order chi connectivity index (χ1) is 10.1. The maximum absolute atomic E-state index is 10.9. The summed E-state index contributed by atoms with van der Waals surface area (Å²) in [5.74, 6) is -0.185. The van der Waals surface area contributed by atoms with E-state index in [1.165, 1.54) is 11.8 Å². The van der Waals surface area contributed by atoms with Crippen LogP contribution in [0.4, 0.5) is 0 Å². The lowest BCUT2D eigenvalue weighted by Gasteiger charge is -1.99. The Morgan fingerprint density at radius 1 is 1.33 bits per heavy atom. The minimum absolute atomic E-state index is 0.189. The number of halogens is 1. The Morgan fingerprint density at radius 3 is 2.81 bits per heavy atom. The number of nitrogens with two attached hydrogens (primary N) is 1. The summed E-state index contributed by atoms with van der Waals surface area (Å²) in [6.45, 7) is 0. The van der Waals surface area contributed by atoms with Crippen LogP contribution in [0.2, 0.25) is 5.02 Å². The third-order valence-electron chi connectivity index (χ3n) is 2.85. The normalized spacial score (nSPS) is 10.9. The zero-order valence-corrected chi connectivity index (χ0v) is 12.4. The maximum Gasteiger partial charge on any atom is 0.227 e. The molecule has 0 spiro atoms. The molecular formula is C14H11ClN4OS. The molecule has 1 amide bonds. The number of aromatic nitrogens is 3. The monoisotopic (exact) mass is 318 g/mol. The molecular weight excluding hydrogens is 308 g/mol. The zero-order valence-electron chi connectivity index (χ0n) is 10.9. The van der Waals surface area contributed by atoms with Crippen molar-refractivity contribution in [3.63, 3.8) is 0 Å². The zero-order chi connectivity index (χ0) is 14.8. The fourth-order valence-electron chi connectivity index (χ4n) is 1.91. The molecule has 0 saturated heterocycles. The van der Waals surface area contributed by atoms with Crippen LogP contribution in [0.3, 0.4) is 0 Å². The minimum Gasteiger partial charge on any atom is -0.369 e. The maximum atomic E-state index is 10.9. The third-order valence-corrected chi connectivity index (χ3v) is 4.11. The first-order valence-corrected chi connectivity index (χ1v) is 7.51. The molecule has 7 heteroatoms. The largest absolute Gasteiger partial charge is 0.369 e. The van der Waals surface area contributed by atoms with Crippen molar-refractivity contribution < 1.29 is 4.79 Å². The molecule has 0 aliphatic carbocycles. The summed E-state index contributed by atoms with van der Waals surface area (Å²) < 4.78 is 1.74. The Balaban J connectivity index is 2.01. The average Bonchev–Trinajstić information content (AvgIpc) is 2.90. The van der Waals surface area contributed by atoms with E-state index in [1.54, 1.807) is 16.9 Å². The molecule has 0 atom stereocenters. The molecule has 0 fully saturated rings. The number of carbonyl (C=O) groups excluding carboxylic acids is 1. The van der Waals surface area contributed by atoms with E-state index in [2.05, 4.69) is 10.1 Å². The molecule has 2 aromatic heterocycles. The lowest BCUT2D eigenvalue weighted by atomic mass is 10.1. The van der Waals surface area contributed by atoms with Gasteiger partial charge in [0.15, 0.2) is 0 Å². The predicted octanol–water partition coefficient (Wildman–Crippen LogP) is 2.63. The van der Waals surface area contributed by atoms with Crippen molar-refractivity contribution in [1.82, 2.24) is 14.6 Å². The van der Waals surface area contributed by atoms with Gasteiger partial charge < -0.3 is 5.73 Å². The van der Waals surface area contributed by atoms with Crippen molar-refractivity contribution in [2.24, 2.45) is 5.73 Å². The van der Waals surface area contributed by atoms with Crippen LogP contribution in [0.25, 0.3) is 16.8 Å². The van der Waals surface area contributed by atoms with Crippen LogP contribution < -0.4 is 5.73 Å².